The summed E-state index contributed by atoms with van der Waals surface area (Å²) in [5, 5.41) is 5.88. The van der Waals surface area contributed by atoms with E-state index in [1.165, 1.54) is 11.0 Å². The first kappa shape index (κ1) is 22.8. The Bertz CT molecular complexity index is 815. The van der Waals surface area contributed by atoms with E-state index < -0.39 is 17.9 Å². The summed E-state index contributed by atoms with van der Waals surface area (Å²) in [5.41, 5.74) is 0.693. The van der Waals surface area contributed by atoms with Crippen LogP contribution in [0.4, 0.5) is 0 Å². The number of esters is 1. The van der Waals surface area contributed by atoms with Gasteiger partial charge in [0, 0.05) is 24.2 Å². The van der Waals surface area contributed by atoms with E-state index in [0.717, 1.165) is 0 Å². The second-order valence-corrected chi connectivity index (χ2v) is 7.36. The number of hydrogen-bond donors (Lipinski definition) is 2. The molecule has 2 atom stereocenters. The topological polar surface area (TPSA) is 87.7 Å². The van der Waals surface area contributed by atoms with Crippen molar-refractivity contribution < 1.29 is 19.1 Å². The predicted octanol–water partition coefficient (Wildman–Crippen LogP) is 2.29. The second kappa shape index (κ2) is 10.9. The van der Waals surface area contributed by atoms with Gasteiger partial charge in [0.25, 0.3) is 0 Å². The minimum atomic E-state index is -0.833. The number of amides is 2. The Morgan fingerprint density at radius 3 is 2.86 bits per heavy atom. The monoisotopic (exact) mass is 437 g/mol. The zero-order chi connectivity index (χ0) is 21.4. The van der Waals surface area contributed by atoms with Gasteiger partial charge < -0.3 is 15.0 Å². The van der Waals surface area contributed by atoms with Gasteiger partial charge in [-0.25, -0.2) is 0 Å². The van der Waals surface area contributed by atoms with Crippen LogP contribution in [0.3, 0.4) is 0 Å². The van der Waals surface area contributed by atoms with Gasteiger partial charge in [0.1, 0.15) is 6.04 Å². The highest BCUT2D eigenvalue weighted by molar-refractivity contribution is 7.80. The number of nitrogens with one attached hydrogen (secondary N) is 2. The molecule has 1 aliphatic heterocycles. The molecule has 0 saturated carbocycles. The number of carbonyl (C=O) groups is 3. The van der Waals surface area contributed by atoms with Crippen molar-refractivity contribution in [1.82, 2.24) is 15.5 Å². The van der Waals surface area contributed by atoms with Crippen LogP contribution in [0.1, 0.15) is 32.3 Å². The molecular formula is C20H24ClN3O4S. The molecule has 0 radical (unpaired) electrons. The van der Waals surface area contributed by atoms with Crippen molar-refractivity contribution in [1.29, 1.82) is 0 Å². The lowest BCUT2D eigenvalue weighted by atomic mass is 10.1. The first-order chi connectivity index (χ1) is 13.8. The Kier molecular flexibility index (Phi) is 8.60. The Morgan fingerprint density at radius 2 is 2.17 bits per heavy atom. The van der Waals surface area contributed by atoms with E-state index in [2.05, 4.69) is 10.6 Å². The molecule has 29 heavy (non-hydrogen) atoms. The van der Waals surface area contributed by atoms with Crippen molar-refractivity contribution in [3.8, 4) is 0 Å². The number of thiocarbonyl (C=S) groups is 1. The number of piperazine rings is 1. The molecule has 0 bridgehead atoms. The zero-order valence-corrected chi connectivity index (χ0v) is 17.9. The largest absolute Gasteiger partial charge is 0.463 e. The molecule has 2 rings (SSSR count). The van der Waals surface area contributed by atoms with Crippen LogP contribution in [-0.4, -0.2) is 53.0 Å². The summed E-state index contributed by atoms with van der Waals surface area (Å²) < 4.78 is 5.26. The maximum Gasteiger partial charge on any atom is 0.308 e. The second-order valence-electron chi connectivity index (χ2n) is 6.56. The molecule has 1 heterocycles. The van der Waals surface area contributed by atoms with Crippen molar-refractivity contribution in [3.05, 3.63) is 40.9 Å². The highest BCUT2D eigenvalue weighted by atomic mass is 35.5. The summed E-state index contributed by atoms with van der Waals surface area (Å²) >= 11 is 11.4. The first-order valence-corrected chi connectivity index (χ1v) is 10.1. The van der Waals surface area contributed by atoms with Gasteiger partial charge in [0.05, 0.1) is 12.5 Å². The summed E-state index contributed by atoms with van der Waals surface area (Å²) in [7, 11) is 0. The van der Waals surface area contributed by atoms with E-state index in [1.54, 1.807) is 31.2 Å². The van der Waals surface area contributed by atoms with Crippen molar-refractivity contribution in [3.63, 3.8) is 0 Å². The van der Waals surface area contributed by atoms with Gasteiger partial charge in [-0.1, -0.05) is 36.7 Å². The molecule has 2 amide bonds. The smallest absolute Gasteiger partial charge is 0.308 e. The van der Waals surface area contributed by atoms with Crippen LogP contribution in [0.25, 0.3) is 6.08 Å². The fourth-order valence-corrected chi connectivity index (χ4v) is 3.19. The third-order valence-corrected chi connectivity index (χ3v) is 5.09. The summed E-state index contributed by atoms with van der Waals surface area (Å²) in [4.78, 5) is 38.2. The van der Waals surface area contributed by atoms with E-state index in [-0.39, 0.29) is 23.5 Å². The van der Waals surface area contributed by atoms with Gasteiger partial charge in [0.2, 0.25) is 11.8 Å². The average Bonchev–Trinajstić information content (AvgIpc) is 2.68. The fraction of sp³-hybridized carbons (Fsp3) is 0.400. The van der Waals surface area contributed by atoms with Crippen molar-refractivity contribution >= 4 is 52.8 Å². The van der Waals surface area contributed by atoms with Crippen LogP contribution < -0.4 is 10.6 Å². The zero-order valence-electron chi connectivity index (χ0n) is 16.3. The Morgan fingerprint density at radius 1 is 1.45 bits per heavy atom. The molecule has 2 N–H and O–H groups in total. The van der Waals surface area contributed by atoms with E-state index in [0.29, 0.717) is 30.1 Å². The molecule has 9 heteroatoms. The molecule has 1 aromatic carbocycles. The molecule has 156 valence electrons. The standard InChI is InChI=1S/C20H24ClN3O4S/c1-3-13(2)28-18(26)12-16-19(27)22-10-11-24(16)20(29)23-17(25)9-8-14-6-4-5-7-15(14)21/h4-9,13,16H,3,10-12H2,1-2H3,(H,22,27)(H,23,25,29)/b9-8+. The van der Waals surface area contributed by atoms with Crippen LogP contribution >= 0.6 is 23.8 Å². The van der Waals surface area contributed by atoms with E-state index in [1.807, 2.05) is 13.0 Å². The van der Waals surface area contributed by atoms with Crippen LogP contribution in [-0.2, 0) is 19.1 Å². The maximum atomic E-state index is 12.3. The number of nitrogens with zero attached hydrogens (tertiary/aromatic N) is 1. The normalized spacial score (nSPS) is 17.6. The number of halogens is 1. The molecular weight excluding hydrogens is 414 g/mol. The third kappa shape index (κ3) is 6.83. The summed E-state index contributed by atoms with van der Waals surface area (Å²) in [6.07, 6.45) is 3.18. The van der Waals surface area contributed by atoms with Gasteiger partial charge in [-0.3, -0.25) is 19.7 Å². The first-order valence-electron chi connectivity index (χ1n) is 9.33. The van der Waals surface area contributed by atoms with E-state index >= 15 is 0 Å². The number of hydrogen-bond acceptors (Lipinski definition) is 5. The van der Waals surface area contributed by atoms with Gasteiger partial charge in [-0.15, -0.1) is 0 Å². The lowest BCUT2D eigenvalue weighted by Gasteiger charge is -2.36. The van der Waals surface area contributed by atoms with Crippen LogP contribution in [0.15, 0.2) is 30.3 Å². The number of carbonyl (C=O) groups excluding carboxylic acids is 3. The molecule has 0 aromatic heterocycles. The molecule has 1 saturated heterocycles. The lowest BCUT2D eigenvalue weighted by Crippen LogP contribution is -2.60. The van der Waals surface area contributed by atoms with Crippen LogP contribution in [0.2, 0.25) is 5.02 Å². The van der Waals surface area contributed by atoms with Crippen molar-refractivity contribution in [2.45, 2.75) is 38.8 Å². The average molecular weight is 438 g/mol. The third-order valence-electron chi connectivity index (χ3n) is 4.41. The molecule has 7 nitrogen and oxygen atoms in total. The van der Waals surface area contributed by atoms with Crippen molar-refractivity contribution in [2.24, 2.45) is 0 Å². The van der Waals surface area contributed by atoms with E-state index in [9.17, 15) is 14.4 Å². The molecule has 1 aliphatic rings. The predicted molar refractivity (Wildman–Crippen MR) is 115 cm³/mol. The van der Waals surface area contributed by atoms with E-state index in [4.69, 9.17) is 28.6 Å². The minimum absolute atomic E-state index is 0.0787. The summed E-state index contributed by atoms with van der Waals surface area (Å²) in [6, 6.07) is 6.27. The molecule has 2 unspecified atom stereocenters. The molecule has 1 fully saturated rings. The Balaban J connectivity index is 2.00. The maximum absolute atomic E-state index is 12.3. The van der Waals surface area contributed by atoms with Gasteiger partial charge in [-0.05, 0) is 43.3 Å². The molecule has 1 aromatic rings. The van der Waals surface area contributed by atoms with Gasteiger partial charge >= 0.3 is 5.97 Å². The molecule has 0 aliphatic carbocycles. The highest BCUT2D eigenvalue weighted by Crippen LogP contribution is 2.16. The molecule has 0 spiro atoms. The number of benzene rings is 1. The van der Waals surface area contributed by atoms with Gasteiger partial charge in [0.15, 0.2) is 5.11 Å². The Hall–Kier alpha value is -2.45. The minimum Gasteiger partial charge on any atom is -0.463 e. The SMILES string of the molecule is CCC(C)OC(=O)CC1C(=O)NCCN1C(=S)NC(=O)/C=C/c1ccccc1Cl. The lowest BCUT2D eigenvalue weighted by molar-refractivity contribution is -0.151. The summed E-state index contributed by atoms with van der Waals surface area (Å²) in [5.74, 6) is -1.28. The number of rotatable bonds is 6. The van der Waals surface area contributed by atoms with Crippen LogP contribution in [0.5, 0.6) is 0 Å². The number of ether oxygens (including phenoxy) is 1. The van der Waals surface area contributed by atoms with Gasteiger partial charge in [-0.2, -0.15) is 0 Å². The highest BCUT2D eigenvalue weighted by Gasteiger charge is 2.34. The quantitative estimate of drug-likeness (QED) is 0.403. The Labute approximate surface area is 180 Å². The fourth-order valence-electron chi connectivity index (χ4n) is 2.67. The summed E-state index contributed by atoms with van der Waals surface area (Å²) in [6.45, 7) is 4.42. The van der Waals surface area contributed by atoms with Crippen LogP contribution in [0, 0.1) is 0 Å². The van der Waals surface area contributed by atoms with Crippen molar-refractivity contribution in [2.75, 3.05) is 13.1 Å².